The van der Waals surface area contributed by atoms with Crippen LogP contribution in [0.5, 0.6) is 0 Å². The molecule has 0 radical (unpaired) electrons. The van der Waals surface area contributed by atoms with E-state index >= 15 is 0 Å². The first-order valence-corrected chi connectivity index (χ1v) is 17.2. The van der Waals surface area contributed by atoms with E-state index in [-0.39, 0.29) is 29.6 Å². The molecule has 12 heteroatoms. The number of sulfonamides is 1. The number of hydrogen-bond donors (Lipinski definition) is 1. The van der Waals surface area contributed by atoms with Crippen LogP contribution in [0.4, 0.5) is 18.9 Å². The highest BCUT2D eigenvalue weighted by atomic mass is 35.5. The number of carbonyl (C=O) groups is 2. The summed E-state index contributed by atoms with van der Waals surface area (Å²) >= 11 is 6.26. The Balaban J connectivity index is 1.85. The first-order chi connectivity index (χ1) is 22.7. The summed E-state index contributed by atoms with van der Waals surface area (Å²) in [5.74, 6) is -1.26. The van der Waals surface area contributed by atoms with E-state index in [4.69, 9.17) is 11.6 Å². The third-order valence-electron chi connectivity index (χ3n) is 7.86. The van der Waals surface area contributed by atoms with Crippen LogP contribution in [0.1, 0.15) is 42.5 Å². The normalized spacial score (nSPS) is 13.0. The number of benzene rings is 4. The van der Waals surface area contributed by atoms with E-state index in [1.165, 1.54) is 23.1 Å². The molecule has 0 aromatic heterocycles. The van der Waals surface area contributed by atoms with Crippen molar-refractivity contribution in [3.8, 4) is 0 Å². The van der Waals surface area contributed by atoms with Crippen molar-refractivity contribution in [1.29, 1.82) is 0 Å². The third-order valence-corrected chi connectivity index (χ3v) is 9.89. The lowest BCUT2D eigenvalue weighted by Gasteiger charge is -2.34. The number of nitrogens with one attached hydrogen (secondary N) is 1. The quantitative estimate of drug-likeness (QED) is 0.157. The molecule has 4 rings (SSSR count). The number of nitrogens with zero attached hydrogens (tertiary/aromatic N) is 2. The zero-order chi connectivity index (χ0) is 35.1. The number of carbonyl (C=O) groups excluding carboxylic acids is 2. The molecule has 7 nitrogen and oxygen atoms in total. The molecular weight excluding hydrogens is 663 g/mol. The van der Waals surface area contributed by atoms with Crippen molar-refractivity contribution in [2.45, 2.75) is 63.3 Å². The van der Waals surface area contributed by atoms with E-state index in [1.807, 2.05) is 32.0 Å². The summed E-state index contributed by atoms with van der Waals surface area (Å²) in [5.41, 5.74) is 0.636. The minimum absolute atomic E-state index is 0.0870. The Hall–Kier alpha value is -4.35. The molecule has 0 saturated carbocycles. The van der Waals surface area contributed by atoms with Gasteiger partial charge in [-0.15, -0.1) is 0 Å². The molecule has 0 aliphatic heterocycles. The molecule has 254 valence electrons. The summed E-state index contributed by atoms with van der Waals surface area (Å²) in [6, 6.07) is 23.9. The van der Waals surface area contributed by atoms with E-state index in [0.29, 0.717) is 27.4 Å². The molecule has 0 saturated heterocycles. The van der Waals surface area contributed by atoms with Crippen LogP contribution in [0.3, 0.4) is 0 Å². The van der Waals surface area contributed by atoms with Gasteiger partial charge in [-0.05, 0) is 73.9 Å². The fourth-order valence-electron chi connectivity index (χ4n) is 5.03. The average Bonchev–Trinajstić information content (AvgIpc) is 3.05. The number of alkyl halides is 3. The molecule has 2 unspecified atom stereocenters. The van der Waals surface area contributed by atoms with Crippen LogP contribution in [0.2, 0.25) is 5.02 Å². The number of hydrogen-bond acceptors (Lipinski definition) is 4. The molecule has 4 aromatic carbocycles. The average molecular weight is 700 g/mol. The predicted octanol–water partition coefficient (Wildman–Crippen LogP) is 7.42. The van der Waals surface area contributed by atoms with Gasteiger partial charge in [0, 0.05) is 24.0 Å². The Kier molecular flexibility index (Phi) is 11.9. The van der Waals surface area contributed by atoms with Crippen LogP contribution in [-0.4, -0.2) is 43.8 Å². The molecule has 0 aliphatic carbocycles. The summed E-state index contributed by atoms with van der Waals surface area (Å²) in [5, 5.41) is 3.32. The molecule has 48 heavy (non-hydrogen) atoms. The molecule has 0 heterocycles. The maximum atomic E-state index is 14.5. The van der Waals surface area contributed by atoms with Gasteiger partial charge in [0.1, 0.15) is 12.6 Å². The minimum atomic E-state index is -4.77. The van der Waals surface area contributed by atoms with Gasteiger partial charge in [0.05, 0.1) is 16.1 Å². The lowest BCUT2D eigenvalue weighted by Crippen LogP contribution is -2.54. The van der Waals surface area contributed by atoms with Crippen molar-refractivity contribution < 1.29 is 31.2 Å². The fraction of sp³-hybridized carbons (Fsp3) is 0.278. The number of rotatable bonds is 13. The summed E-state index contributed by atoms with van der Waals surface area (Å²) in [4.78, 5) is 29.5. The van der Waals surface area contributed by atoms with Crippen molar-refractivity contribution in [3.63, 3.8) is 0 Å². The van der Waals surface area contributed by atoms with Crippen LogP contribution >= 0.6 is 11.6 Å². The Morgan fingerprint density at radius 1 is 0.875 bits per heavy atom. The van der Waals surface area contributed by atoms with Gasteiger partial charge in [0.25, 0.3) is 10.0 Å². The standard InChI is InChI=1S/C36H37ClF3N3O4S/c1-4-26(3)41-35(45)33(21-27-10-6-5-7-11-27)42(23-28-12-8-14-30(37)20-28)34(44)24-43(31-15-9-13-29(22-31)36(38,39)40)48(46,47)32-18-16-25(2)17-19-32/h5-20,22,26,33H,4,21,23-24H2,1-3H3,(H,41,45). The molecule has 4 aromatic rings. The van der Waals surface area contributed by atoms with Gasteiger partial charge in [-0.2, -0.15) is 13.2 Å². The molecule has 1 N–H and O–H groups in total. The SMILES string of the molecule is CCC(C)NC(=O)C(Cc1ccccc1)N(Cc1cccc(Cl)c1)C(=O)CN(c1cccc(C(F)(F)F)c1)S(=O)(=O)c1ccc(C)cc1. The molecule has 0 bridgehead atoms. The van der Waals surface area contributed by atoms with Gasteiger partial charge in [-0.1, -0.05) is 84.8 Å². The second-order valence-corrected chi connectivity index (χ2v) is 13.8. The van der Waals surface area contributed by atoms with Gasteiger partial charge in [0.2, 0.25) is 11.8 Å². The van der Waals surface area contributed by atoms with Crippen LogP contribution in [0.25, 0.3) is 0 Å². The summed E-state index contributed by atoms with van der Waals surface area (Å²) < 4.78 is 70.3. The minimum Gasteiger partial charge on any atom is -0.352 e. The van der Waals surface area contributed by atoms with Crippen molar-refractivity contribution in [2.75, 3.05) is 10.8 Å². The molecule has 0 aliphatic rings. The van der Waals surface area contributed by atoms with Crippen LogP contribution in [0.15, 0.2) is 108 Å². The van der Waals surface area contributed by atoms with Crippen LogP contribution in [0, 0.1) is 6.92 Å². The summed E-state index contributed by atoms with van der Waals surface area (Å²) in [6.07, 6.45) is -4.07. The second-order valence-electron chi connectivity index (χ2n) is 11.5. The van der Waals surface area contributed by atoms with Crippen molar-refractivity contribution in [3.05, 3.63) is 130 Å². The smallest absolute Gasteiger partial charge is 0.352 e. The van der Waals surface area contributed by atoms with Gasteiger partial charge >= 0.3 is 6.18 Å². The van der Waals surface area contributed by atoms with E-state index in [1.54, 1.807) is 55.5 Å². The van der Waals surface area contributed by atoms with Crippen LogP contribution in [-0.2, 0) is 38.8 Å². The molecule has 2 amide bonds. The second kappa shape index (κ2) is 15.7. The van der Waals surface area contributed by atoms with E-state index in [9.17, 15) is 31.2 Å². The highest BCUT2D eigenvalue weighted by Crippen LogP contribution is 2.33. The third kappa shape index (κ3) is 9.38. The topological polar surface area (TPSA) is 86.8 Å². The van der Waals surface area contributed by atoms with E-state index < -0.39 is 46.2 Å². The Morgan fingerprint density at radius 3 is 2.15 bits per heavy atom. The Bertz CT molecular complexity index is 1820. The van der Waals surface area contributed by atoms with Gasteiger partial charge in [-0.3, -0.25) is 13.9 Å². The molecule has 0 fully saturated rings. The Labute approximate surface area is 284 Å². The van der Waals surface area contributed by atoms with Gasteiger partial charge in [-0.25, -0.2) is 8.42 Å². The number of halogens is 4. The maximum Gasteiger partial charge on any atom is 0.416 e. The van der Waals surface area contributed by atoms with Crippen LogP contribution < -0.4 is 9.62 Å². The van der Waals surface area contributed by atoms with Crippen molar-refractivity contribution >= 4 is 39.1 Å². The van der Waals surface area contributed by atoms with Gasteiger partial charge < -0.3 is 10.2 Å². The monoisotopic (exact) mass is 699 g/mol. The highest BCUT2D eigenvalue weighted by Gasteiger charge is 2.36. The first kappa shape index (κ1) is 36.5. The highest BCUT2D eigenvalue weighted by molar-refractivity contribution is 7.92. The van der Waals surface area contributed by atoms with Crippen molar-refractivity contribution in [1.82, 2.24) is 10.2 Å². The largest absolute Gasteiger partial charge is 0.416 e. The number of aryl methyl sites for hydroxylation is 1. The van der Waals surface area contributed by atoms with Gasteiger partial charge in [0.15, 0.2) is 0 Å². The molecule has 2 atom stereocenters. The zero-order valence-electron chi connectivity index (χ0n) is 26.7. The molecule has 0 spiro atoms. The Morgan fingerprint density at radius 2 is 1.52 bits per heavy atom. The summed E-state index contributed by atoms with van der Waals surface area (Å²) in [6.45, 7) is 4.46. The summed E-state index contributed by atoms with van der Waals surface area (Å²) in [7, 11) is -4.57. The van der Waals surface area contributed by atoms with E-state index in [0.717, 1.165) is 23.3 Å². The molecular formula is C36H37ClF3N3O4S. The lowest BCUT2D eigenvalue weighted by atomic mass is 10.0. The maximum absolute atomic E-state index is 14.5. The predicted molar refractivity (Wildman–Crippen MR) is 181 cm³/mol. The first-order valence-electron chi connectivity index (χ1n) is 15.3. The number of amides is 2. The number of anilines is 1. The lowest BCUT2D eigenvalue weighted by molar-refractivity contribution is -0.140. The van der Waals surface area contributed by atoms with Crippen molar-refractivity contribution in [2.24, 2.45) is 0 Å². The van der Waals surface area contributed by atoms with E-state index in [2.05, 4.69) is 5.32 Å². The fourth-order valence-corrected chi connectivity index (χ4v) is 6.65. The zero-order valence-corrected chi connectivity index (χ0v) is 28.3.